The number of alkyl halides is 2. The first kappa shape index (κ1) is 20.8. The Morgan fingerprint density at radius 2 is 1.46 bits per heavy atom. The first-order chi connectivity index (χ1) is 12.4. The van der Waals surface area contributed by atoms with Crippen LogP contribution in [0, 0.1) is 23.5 Å². The van der Waals surface area contributed by atoms with E-state index >= 15 is 0 Å². The van der Waals surface area contributed by atoms with Gasteiger partial charge in [0.2, 0.25) is 11.6 Å². The summed E-state index contributed by atoms with van der Waals surface area (Å²) in [6.07, 6.45) is 5.60. The van der Waals surface area contributed by atoms with Crippen LogP contribution in [0.15, 0.2) is 12.1 Å². The Balaban J connectivity index is 1.87. The molecule has 148 valence electrons. The predicted octanol–water partition coefficient (Wildman–Crippen LogP) is 6.37. The van der Waals surface area contributed by atoms with E-state index in [9.17, 15) is 17.6 Å². The predicted molar refractivity (Wildman–Crippen MR) is 92.9 cm³/mol. The Kier molecular flexibility index (Phi) is 7.59. The van der Waals surface area contributed by atoms with E-state index in [0.717, 1.165) is 44.6 Å². The normalized spacial score (nSPS) is 20.8. The molecule has 1 saturated carbocycles. The zero-order valence-corrected chi connectivity index (χ0v) is 15.5. The van der Waals surface area contributed by atoms with Crippen molar-refractivity contribution in [1.29, 1.82) is 0 Å². The molecule has 0 atom stereocenters. The van der Waals surface area contributed by atoms with E-state index in [1.807, 2.05) is 0 Å². The first-order valence-electron chi connectivity index (χ1n) is 9.47. The third-order valence-corrected chi connectivity index (χ3v) is 5.00. The zero-order chi connectivity index (χ0) is 19.2. The van der Waals surface area contributed by atoms with Crippen molar-refractivity contribution in [2.75, 3.05) is 13.2 Å². The second-order valence-electron chi connectivity index (χ2n) is 7.15. The standard InChI is InChI=1S/C20H28F4O2/c1-3-5-14-6-8-15(9-7-14)12-20(23,24)13-26-17-11-10-16(25-4-2)18(21)19(17)22/h10-11,14-15H,3-9,12-13H2,1-2H3. The van der Waals surface area contributed by atoms with E-state index in [0.29, 0.717) is 5.92 Å². The number of benzene rings is 1. The molecule has 0 spiro atoms. The van der Waals surface area contributed by atoms with Crippen molar-refractivity contribution < 1.29 is 27.0 Å². The highest BCUT2D eigenvalue weighted by atomic mass is 19.3. The second-order valence-corrected chi connectivity index (χ2v) is 7.15. The summed E-state index contributed by atoms with van der Waals surface area (Å²) >= 11 is 0. The fraction of sp³-hybridized carbons (Fsp3) is 0.700. The van der Waals surface area contributed by atoms with Gasteiger partial charge in [-0.1, -0.05) is 32.6 Å². The van der Waals surface area contributed by atoms with Gasteiger partial charge in [0, 0.05) is 6.42 Å². The van der Waals surface area contributed by atoms with Crippen LogP contribution >= 0.6 is 0 Å². The minimum absolute atomic E-state index is 0.0383. The molecule has 0 amide bonds. The molecule has 0 radical (unpaired) electrons. The Morgan fingerprint density at radius 3 is 2.00 bits per heavy atom. The van der Waals surface area contributed by atoms with Crippen molar-refractivity contribution in [3.8, 4) is 11.5 Å². The van der Waals surface area contributed by atoms with Gasteiger partial charge in [-0.05, 0) is 43.7 Å². The van der Waals surface area contributed by atoms with Gasteiger partial charge >= 0.3 is 0 Å². The molecule has 2 rings (SSSR count). The van der Waals surface area contributed by atoms with Gasteiger partial charge in [0.1, 0.15) is 0 Å². The van der Waals surface area contributed by atoms with E-state index in [-0.39, 0.29) is 24.7 Å². The molecule has 1 aromatic rings. The summed E-state index contributed by atoms with van der Waals surface area (Å²) in [5.74, 6) is -5.74. The summed E-state index contributed by atoms with van der Waals surface area (Å²) in [5, 5.41) is 0. The van der Waals surface area contributed by atoms with Gasteiger partial charge in [0.05, 0.1) is 6.61 Å². The van der Waals surface area contributed by atoms with Crippen molar-refractivity contribution in [3.63, 3.8) is 0 Å². The van der Waals surface area contributed by atoms with Gasteiger partial charge in [0.15, 0.2) is 18.1 Å². The molecule has 6 heteroatoms. The zero-order valence-electron chi connectivity index (χ0n) is 15.5. The van der Waals surface area contributed by atoms with Crippen LogP contribution in [0.2, 0.25) is 0 Å². The quantitative estimate of drug-likeness (QED) is 0.466. The molecule has 0 bridgehead atoms. The molecule has 2 nitrogen and oxygen atoms in total. The molecular weight excluding hydrogens is 348 g/mol. The summed E-state index contributed by atoms with van der Waals surface area (Å²) < 4.78 is 65.9. The topological polar surface area (TPSA) is 18.5 Å². The van der Waals surface area contributed by atoms with E-state index in [4.69, 9.17) is 9.47 Å². The van der Waals surface area contributed by atoms with Gasteiger partial charge in [-0.15, -0.1) is 0 Å². The number of ether oxygens (including phenoxy) is 2. The number of hydrogen-bond donors (Lipinski definition) is 0. The van der Waals surface area contributed by atoms with Crippen LogP contribution in [0.1, 0.15) is 58.8 Å². The van der Waals surface area contributed by atoms with Crippen LogP contribution in [0.4, 0.5) is 17.6 Å². The lowest BCUT2D eigenvalue weighted by Gasteiger charge is -2.30. The SMILES string of the molecule is CCCC1CCC(CC(F)(F)COc2ccc(OCC)c(F)c2F)CC1. The van der Waals surface area contributed by atoms with Gasteiger partial charge < -0.3 is 9.47 Å². The maximum atomic E-state index is 14.2. The molecule has 26 heavy (non-hydrogen) atoms. The Hall–Kier alpha value is -1.46. The molecule has 1 aliphatic carbocycles. The van der Waals surface area contributed by atoms with Gasteiger partial charge in [-0.3, -0.25) is 0 Å². The molecule has 1 aliphatic rings. The summed E-state index contributed by atoms with van der Waals surface area (Å²) in [7, 11) is 0. The van der Waals surface area contributed by atoms with E-state index in [2.05, 4.69) is 6.92 Å². The molecule has 0 heterocycles. The van der Waals surface area contributed by atoms with Crippen LogP contribution in [-0.2, 0) is 0 Å². The highest BCUT2D eigenvalue weighted by Crippen LogP contribution is 2.38. The summed E-state index contributed by atoms with van der Waals surface area (Å²) in [4.78, 5) is 0. The first-order valence-corrected chi connectivity index (χ1v) is 9.47. The minimum atomic E-state index is -3.07. The molecule has 0 saturated heterocycles. The second kappa shape index (κ2) is 9.47. The minimum Gasteiger partial charge on any atom is -0.491 e. The number of hydrogen-bond acceptors (Lipinski definition) is 2. The van der Waals surface area contributed by atoms with Crippen LogP contribution in [0.25, 0.3) is 0 Å². The summed E-state index contributed by atoms with van der Waals surface area (Å²) in [5.41, 5.74) is 0. The molecule has 0 N–H and O–H groups in total. The van der Waals surface area contributed by atoms with Crippen molar-refractivity contribution in [2.45, 2.75) is 64.7 Å². The van der Waals surface area contributed by atoms with Gasteiger partial charge in [0.25, 0.3) is 5.92 Å². The maximum absolute atomic E-state index is 14.2. The third kappa shape index (κ3) is 5.78. The fourth-order valence-electron chi connectivity index (χ4n) is 3.69. The molecule has 1 fully saturated rings. The van der Waals surface area contributed by atoms with Crippen molar-refractivity contribution in [2.24, 2.45) is 11.8 Å². The summed E-state index contributed by atoms with van der Waals surface area (Å²) in [6, 6.07) is 2.31. The van der Waals surface area contributed by atoms with Crippen molar-refractivity contribution in [1.82, 2.24) is 0 Å². The van der Waals surface area contributed by atoms with Crippen LogP contribution in [0.5, 0.6) is 11.5 Å². The van der Waals surface area contributed by atoms with Gasteiger partial charge in [-0.25, -0.2) is 8.78 Å². The third-order valence-electron chi connectivity index (χ3n) is 5.00. The van der Waals surface area contributed by atoms with E-state index in [1.165, 1.54) is 6.07 Å². The monoisotopic (exact) mass is 376 g/mol. The number of halogens is 4. The average molecular weight is 376 g/mol. The largest absolute Gasteiger partial charge is 0.491 e. The number of rotatable bonds is 9. The Labute approximate surface area is 152 Å². The lowest BCUT2D eigenvalue weighted by Crippen LogP contribution is -2.30. The molecule has 1 aromatic carbocycles. The van der Waals surface area contributed by atoms with Gasteiger partial charge in [-0.2, -0.15) is 8.78 Å². The summed E-state index contributed by atoms with van der Waals surface area (Å²) in [6.45, 7) is 3.00. The van der Waals surface area contributed by atoms with Crippen molar-refractivity contribution in [3.05, 3.63) is 23.8 Å². The highest BCUT2D eigenvalue weighted by Gasteiger charge is 2.35. The lowest BCUT2D eigenvalue weighted by atomic mass is 9.78. The van der Waals surface area contributed by atoms with Crippen LogP contribution in [-0.4, -0.2) is 19.1 Å². The molecule has 0 aromatic heterocycles. The smallest absolute Gasteiger partial charge is 0.281 e. The molecule has 0 unspecified atom stereocenters. The highest BCUT2D eigenvalue weighted by molar-refractivity contribution is 5.35. The average Bonchev–Trinajstić information content (AvgIpc) is 2.60. The lowest BCUT2D eigenvalue weighted by molar-refractivity contribution is -0.0650. The van der Waals surface area contributed by atoms with Crippen LogP contribution in [0.3, 0.4) is 0 Å². The van der Waals surface area contributed by atoms with Crippen LogP contribution < -0.4 is 9.47 Å². The van der Waals surface area contributed by atoms with E-state index < -0.39 is 29.9 Å². The van der Waals surface area contributed by atoms with Crippen molar-refractivity contribution >= 4 is 0 Å². The maximum Gasteiger partial charge on any atom is 0.281 e. The fourth-order valence-corrected chi connectivity index (χ4v) is 3.69. The Bertz CT molecular complexity index is 569. The molecular formula is C20H28F4O2. The Morgan fingerprint density at radius 1 is 0.923 bits per heavy atom. The van der Waals surface area contributed by atoms with E-state index in [1.54, 1.807) is 6.92 Å². The molecule has 0 aliphatic heterocycles.